The lowest BCUT2D eigenvalue weighted by molar-refractivity contribution is -0.170. The molecule has 0 fully saturated rings. The van der Waals surface area contributed by atoms with E-state index in [9.17, 15) is 4.79 Å². The predicted molar refractivity (Wildman–Crippen MR) is 67.6 cm³/mol. The lowest BCUT2D eigenvalue weighted by Gasteiger charge is -2.35. The monoisotopic (exact) mass is 257 g/mol. The summed E-state index contributed by atoms with van der Waals surface area (Å²) < 4.78 is 11.2. The standard InChI is InChI=1S/C13H23NO4/c1-4-17-13-10(6-5-7-15)9(2)8-11(18-13)12(16)14-3/h8-10,13,15H,4-7H2,1-3H3,(H,14,16)/t9-,10-,13+/m1/s1. The summed E-state index contributed by atoms with van der Waals surface area (Å²) in [4.78, 5) is 11.6. The summed E-state index contributed by atoms with van der Waals surface area (Å²) in [6.07, 6.45) is 2.95. The van der Waals surface area contributed by atoms with Crippen molar-refractivity contribution in [3.05, 3.63) is 11.8 Å². The van der Waals surface area contributed by atoms with Gasteiger partial charge in [-0.1, -0.05) is 6.92 Å². The Bertz CT molecular complexity index is 303. The number of rotatable bonds is 6. The van der Waals surface area contributed by atoms with Crippen LogP contribution < -0.4 is 5.32 Å². The van der Waals surface area contributed by atoms with Crippen LogP contribution in [0.1, 0.15) is 26.7 Å². The first-order chi connectivity index (χ1) is 8.63. The number of ether oxygens (including phenoxy) is 2. The molecule has 1 aliphatic heterocycles. The molecular formula is C13H23NO4. The Morgan fingerprint density at radius 3 is 2.89 bits per heavy atom. The molecule has 3 atom stereocenters. The molecule has 0 saturated carbocycles. The molecule has 0 aromatic carbocycles. The zero-order valence-electron chi connectivity index (χ0n) is 11.3. The molecule has 0 bridgehead atoms. The van der Waals surface area contributed by atoms with Gasteiger partial charge in [-0.25, -0.2) is 0 Å². The maximum atomic E-state index is 11.6. The van der Waals surface area contributed by atoms with Crippen LogP contribution in [0.25, 0.3) is 0 Å². The summed E-state index contributed by atoms with van der Waals surface area (Å²) in [5, 5.41) is 11.5. The van der Waals surface area contributed by atoms with Gasteiger partial charge in [0, 0.05) is 26.2 Å². The molecule has 1 heterocycles. The van der Waals surface area contributed by atoms with Crippen molar-refractivity contribution in [3.63, 3.8) is 0 Å². The fourth-order valence-corrected chi connectivity index (χ4v) is 2.16. The molecule has 1 rings (SSSR count). The second kappa shape index (κ2) is 7.38. The second-order valence-corrected chi connectivity index (χ2v) is 4.44. The van der Waals surface area contributed by atoms with Crippen LogP contribution in [0.4, 0.5) is 0 Å². The van der Waals surface area contributed by atoms with Crippen LogP contribution in [-0.4, -0.2) is 37.6 Å². The molecule has 18 heavy (non-hydrogen) atoms. The van der Waals surface area contributed by atoms with Crippen LogP contribution in [-0.2, 0) is 14.3 Å². The van der Waals surface area contributed by atoms with E-state index >= 15 is 0 Å². The highest BCUT2D eigenvalue weighted by molar-refractivity contribution is 5.91. The summed E-state index contributed by atoms with van der Waals surface area (Å²) >= 11 is 0. The summed E-state index contributed by atoms with van der Waals surface area (Å²) in [7, 11) is 1.57. The Hall–Kier alpha value is -1.07. The van der Waals surface area contributed by atoms with E-state index in [0.717, 1.165) is 6.42 Å². The highest BCUT2D eigenvalue weighted by Gasteiger charge is 2.34. The number of nitrogens with one attached hydrogen (secondary N) is 1. The number of likely N-dealkylation sites (N-methyl/N-ethyl adjacent to an activating group) is 1. The van der Waals surface area contributed by atoms with Crippen LogP contribution in [0.2, 0.25) is 0 Å². The van der Waals surface area contributed by atoms with Gasteiger partial charge in [0.1, 0.15) is 0 Å². The van der Waals surface area contributed by atoms with E-state index < -0.39 is 6.29 Å². The average molecular weight is 257 g/mol. The van der Waals surface area contributed by atoms with Gasteiger partial charge < -0.3 is 19.9 Å². The van der Waals surface area contributed by atoms with Crippen LogP contribution >= 0.6 is 0 Å². The van der Waals surface area contributed by atoms with Crippen LogP contribution in [0, 0.1) is 11.8 Å². The fraction of sp³-hybridized carbons (Fsp3) is 0.769. The van der Waals surface area contributed by atoms with E-state index in [1.54, 1.807) is 7.05 Å². The molecule has 5 heteroatoms. The Balaban J connectivity index is 2.78. The first-order valence-electron chi connectivity index (χ1n) is 6.47. The van der Waals surface area contributed by atoms with E-state index in [2.05, 4.69) is 5.32 Å². The lowest BCUT2D eigenvalue weighted by atomic mass is 9.87. The molecule has 1 amide bonds. The Morgan fingerprint density at radius 1 is 1.61 bits per heavy atom. The number of carbonyl (C=O) groups excluding carboxylic acids is 1. The van der Waals surface area contributed by atoms with Crippen molar-refractivity contribution in [3.8, 4) is 0 Å². The molecule has 104 valence electrons. The van der Waals surface area contributed by atoms with Crippen molar-refractivity contribution in [2.75, 3.05) is 20.3 Å². The third-order valence-electron chi connectivity index (χ3n) is 3.16. The number of allylic oxidation sites excluding steroid dienone is 1. The molecule has 0 aromatic rings. The second-order valence-electron chi connectivity index (χ2n) is 4.44. The largest absolute Gasteiger partial charge is 0.459 e. The molecule has 0 unspecified atom stereocenters. The van der Waals surface area contributed by atoms with E-state index in [-0.39, 0.29) is 24.3 Å². The number of aliphatic hydroxyl groups excluding tert-OH is 1. The van der Waals surface area contributed by atoms with Gasteiger partial charge in [0.25, 0.3) is 5.91 Å². The highest BCUT2D eigenvalue weighted by Crippen LogP contribution is 2.32. The Kier molecular flexibility index (Phi) is 6.15. The normalized spacial score (nSPS) is 27.3. The van der Waals surface area contributed by atoms with Crippen molar-refractivity contribution < 1.29 is 19.4 Å². The summed E-state index contributed by atoms with van der Waals surface area (Å²) in [5.74, 6) is 0.454. The van der Waals surface area contributed by atoms with Crippen LogP contribution in [0.3, 0.4) is 0 Å². The lowest BCUT2D eigenvalue weighted by Crippen LogP contribution is -2.38. The first-order valence-corrected chi connectivity index (χ1v) is 6.47. The van der Waals surface area contributed by atoms with Crippen LogP contribution in [0.15, 0.2) is 11.8 Å². The molecule has 5 nitrogen and oxygen atoms in total. The SMILES string of the molecule is CCO[C@H]1OC(C(=O)NC)=C[C@@H](C)[C@H]1CCCO. The van der Waals surface area contributed by atoms with E-state index in [0.29, 0.717) is 18.8 Å². The number of aliphatic hydroxyl groups is 1. The molecule has 2 N–H and O–H groups in total. The van der Waals surface area contributed by atoms with Crippen molar-refractivity contribution in [2.24, 2.45) is 11.8 Å². The van der Waals surface area contributed by atoms with E-state index in [1.807, 2.05) is 19.9 Å². The molecular weight excluding hydrogens is 234 g/mol. The number of hydrogen-bond donors (Lipinski definition) is 2. The van der Waals surface area contributed by atoms with Gasteiger partial charge in [0.15, 0.2) is 5.76 Å². The zero-order chi connectivity index (χ0) is 13.5. The third kappa shape index (κ3) is 3.71. The minimum absolute atomic E-state index is 0.161. The van der Waals surface area contributed by atoms with Gasteiger partial charge in [-0.2, -0.15) is 0 Å². The molecule has 0 aromatic heterocycles. The van der Waals surface area contributed by atoms with Gasteiger partial charge in [-0.3, -0.25) is 4.79 Å². The van der Waals surface area contributed by atoms with Crippen molar-refractivity contribution in [2.45, 2.75) is 33.0 Å². The van der Waals surface area contributed by atoms with Gasteiger partial charge in [0.2, 0.25) is 6.29 Å². The Morgan fingerprint density at radius 2 is 2.33 bits per heavy atom. The molecule has 0 spiro atoms. The quantitative estimate of drug-likeness (QED) is 0.746. The number of hydrogen-bond acceptors (Lipinski definition) is 4. The van der Waals surface area contributed by atoms with Crippen LogP contribution in [0.5, 0.6) is 0 Å². The molecule has 0 aliphatic carbocycles. The maximum absolute atomic E-state index is 11.6. The van der Waals surface area contributed by atoms with Gasteiger partial charge in [-0.05, 0) is 31.8 Å². The fourth-order valence-electron chi connectivity index (χ4n) is 2.16. The molecule has 0 radical (unpaired) electrons. The number of carbonyl (C=O) groups is 1. The highest BCUT2D eigenvalue weighted by atomic mass is 16.7. The van der Waals surface area contributed by atoms with Gasteiger partial charge >= 0.3 is 0 Å². The predicted octanol–water partition coefficient (Wildman–Crippen LogP) is 1.03. The average Bonchev–Trinajstić information content (AvgIpc) is 2.37. The zero-order valence-corrected chi connectivity index (χ0v) is 11.3. The third-order valence-corrected chi connectivity index (χ3v) is 3.16. The summed E-state index contributed by atoms with van der Waals surface area (Å²) in [5.41, 5.74) is 0. The van der Waals surface area contributed by atoms with E-state index in [4.69, 9.17) is 14.6 Å². The van der Waals surface area contributed by atoms with Crippen molar-refractivity contribution >= 4 is 5.91 Å². The van der Waals surface area contributed by atoms with E-state index in [1.165, 1.54) is 0 Å². The topological polar surface area (TPSA) is 67.8 Å². The number of amides is 1. The molecule has 0 saturated heterocycles. The minimum atomic E-state index is -0.408. The van der Waals surface area contributed by atoms with Gasteiger partial charge in [-0.15, -0.1) is 0 Å². The van der Waals surface area contributed by atoms with Crippen molar-refractivity contribution in [1.29, 1.82) is 0 Å². The summed E-state index contributed by atoms with van der Waals surface area (Å²) in [6.45, 7) is 4.64. The first kappa shape index (κ1) is 15.0. The molecule has 1 aliphatic rings. The smallest absolute Gasteiger partial charge is 0.285 e. The minimum Gasteiger partial charge on any atom is -0.459 e. The van der Waals surface area contributed by atoms with Gasteiger partial charge in [0.05, 0.1) is 0 Å². The van der Waals surface area contributed by atoms with Crippen molar-refractivity contribution in [1.82, 2.24) is 5.32 Å². The maximum Gasteiger partial charge on any atom is 0.285 e. The Labute approximate surface area is 108 Å². The summed E-state index contributed by atoms with van der Waals surface area (Å²) in [6, 6.07) is 0.